The molecule has 6 heteroatoms. The molecule has 162 valence electrons. The molecule has 0 atom stereocenters. The van der Waals surface area contributed by atoms with Crippen molar-refractivity contribution in [2.45, 2.75) is 52.1 Å². The standard InChI is InChI=1S/C24H29F2NO3/c1-3-18-13-20(24(28)27-14-16-7-5-4-6-8-16)21(25)22(26)23(18)30-15-17-9-11-19(29-2)12-10-17/h9-13,16H,3-8,14-15H2,1-2H3,(H,27,28). The molecule has 0 radical (unpaired) electrons. The van der Waals surface area contributed by atoms with Gasteiger partial charge in [0.25, 0.3) is 5.91 Å². The van der Waals surface area contributed by atoms with E-state index >= 15 is 0 Å². The highest BCUT2D eigenvalue weighted by molar-refractivity contribution is 5.95. The molecule has 0 aliphatic heterocycles. The highest BCUT2D eigenvalue weighted by Crippen LogP contribution is 2.30. The first-order chi connectivity index (χ1) is 14.5. The van der Waals surface area contributed by atoms with Crippen molar-refractivity contribution in [2.24, 2.45) is 5.92 Å². The van der Waals surface area contributed by atoms with Gasteiger partial charge in [0.05, 0.1) is 12.7 Å². The largest absolute Gasteiger partial charge is 0.497 e. The smallest absolute Gasteiger partial charge is 0.254 e. The summed E-state index contributed by atoms with van der Waals surface area (Å²) < 4.78 is 40.2. The van der Waals surface area contributed by atoms with Crippen LogP contribution in [0.4, 0.5) is 8.78 Å². The summed E-state index contributed by atoms with van der Waals surface area (Å²) in [5.74, 6) is -1.89. The van der Waals surface area contributed by atoms with Crippen LogP contribution in [0.2, 0.25) is 0 Å². The van der Waals surface area contributed by atoms with E-state index in [1.807, 2.05) is 6.92 Å². The summed E-state index contributed by atoms with van der Waals surface area (Å²) in [6.45, 7) is 2.40. The van der Waals surface area contributed by atoms with Crippen molar-refractivity contribution in [2.75, 3.05) is 13.7 Å². The van der Waals surface area contributed by atoms with Gasteiger partial charge in [-0.3, -0.25) is 4.79 Å². The SMILES string of the molecule is CCc1cc(C(=O)NCC2CCCCC2)c(F)c(F)c1OCc1ccc(OC)cc1. The first-order valence-corrected chi connectivity index (χ1v) is 10.6. The Morgan fingerprint density at radius 3 is 2.43 bits per heavy atom. The van der Waals surface area contributed by atoms with Gasteiger partial charge in [-0.1, -0.05) is 38.3 Å². The van der Waals surface area contributed by atoms with Crippen LogP contribution < -0.4 is 14.8 Å². The Balaban J connectivity index is 1.71. The minimum absolute atomic E-state index is 0.0839. The number of benzene rings is 2. The van der Waals surface area contributed by atoms with Crippen LogP contribution in [0.1, 0.15) is 60.5 Å². The summed E-state index contributed by atoms with van der Waals surface area (Å²) in [6.07, 6.45) is 6.08. The minimum atomic E-state index is -1.17. The van der Waals surface area contributed by atoms with Crippen LogP contribution in [0.25, 0.3) is 0 Å². The van der Waals surface area contributed by atoms with E-state index in [2.05, 4.69) is 5.32 Å². The number of halogens is 2. The van der Waals surface area contributed by atoms with E-state index < -0.39 is 17.5 Å². The third-order valence-corrected chi connectivity index (χ3v) is 5.68. The second-order valence-electron chi connectivity index (χ2n) is 7.74. The number of aryl methyl sites for hydroxylation is 1. The molecule has 0 heterocycles. The van der Waals surface area contributed by atoms with Crippen LogP contribution in [0.5, 0.6) is 11.5 Å². The van der Waals surface area contributed by atoms with Gasteiger partial charge in [0.15, 0.2) is 11.6 Å². The molecule has 1 fully saturated rings. The second kappa shape index (κ2) is 10.4. The molecule has 0 saturated heterocycles. The van der Waals surface area contributed by atoms with Gasteiger partial charge in [0.2, 0.25) is 5.82 Å². The van der Waals surface area contributed by atoms with E-state index in [0.717, 1.165) is 31.2 Å². The summed E-state index contributed by atoms with van der Waals surface area (Å²) in [5, 5.41) is 2.78. The molecular formula is C24H29F2NO3. The van der Waals surface area contributed by atoms with Crippen molar-refractivity contribution in [3.05, 3.63) is 58.7 Å². The van der Waals surface area contributed by atoms with Gasteiger partial charge in [-0.05, 0) is 54.5 Å². The van der Waals surface area contributed by atoms with Gasteiger partial charge in [-0.15, -0.1) is 0 Å². The number of nitrogens with one attached hydrogen (secondary N) is 1. The maximum atomic E-state index is 14.8. The number of ether oxygens (including phenoxy) is 2. The van der Waals surface area contributed by atoms with Crippen LogP contribution in [-0.2, 0) is 13.0 Å². The number of amides is 1. The van der Waals surface area contributed by atoms with Crippen LogP contribution in [0.3, 0.4) is 0 Å². The molecule has 2 aromatic rings. The van der Waals surface area contributed by atoms with E-state index in [-0.39, 0.29) is 17.9 Å². The Bertz CT molecular complexity index is 862. The number of hydrogen-bond acceptors (Lipinski definition) is 3. The molecule has 0 aromatic heterocycles. The molecule has 3 rings (SSSR count). The molecular weight excluding hydrogens is 388 g/mol. The van der Waals surface area contributed by atoms with Crippen LogP contribution >= 0.6 is 0 Å². The predicted octanol–water partition coefficient (Wildman–Crippen LogP) is 5.42. The normalized spacial score (nSPS) is 14.4. The van der Waals surface area contributed by atoms with Gasteiger partial charge in [0, 0.05) is 6.54 Å². The first kappa shape index (κ1) is 22.1. The molecule has 1 aliphatic rings. The number of hydrogen-bond donors (Lipinski definition) is 1. The molecule has 2 aromatic carbocycles. The maximum absolute atomic E-state index is 14.8. The Kier molecular flexibility index (Phi) is 7.66. The van der Waals surface area contributed by atoms with E-state index in [1.165, 1.54) is 12.5 Å². The van der Waals surface area contributed by atoms with Crippen molar-refractivity contribution in [1.29, 1.82) is 0 Å². The molecule has 1 N–H and O–H groups in total. The summed E-state index contributed by atoms with van der Waals surface area (Å²) in [7, 11) is 1.57. The molecule has 1 saturated carbocycles. The van der Waals surface area contributed by atoms with Gasteiger partial charge >= 0.3 is 0 Å². The second-order valence-corrected chi connectivity index (χ2v) is 7.74. The number of carbonyl (C=O) groups is 1. The number of carbonyl (C=O) groups excluding carboxylic acids is 1. The maximum Gasteiger partial charge on any atom is 0.254 e. The zero-order valence-electron chi connectivity index (χ0n) is 17.6. The molecule has 4 nitrogen and oxygen atoms in total. The van der Waals surface area contributed by atoms with Gasteiger partial charge in [0.1, 0.15) is 12.4 Å². The molecule has 0 bridgehead atoms. The average Bonchev–Trinajstić information content (AvgIpc) is 2.79. The lowest BCUT2D eigenvalue weighted by molar-refractivity contribution is 0.0938. The third kappa shape index (κ3) is 5.29. The van der Waals surface area contributed by atoms with Crippen molar-refractivity contribution < 1.29 is 23.0 Å². The minimum Gasteiger partial charge on any atom is -0.497 e. The van der Waals surface area contributed by atoms with Crippen molar-refractivity contribution in [3.63, 3.8) is 0 Å². The Labute approximate surface area is 176 Å². The highest BCUT2D eigenvalue weighted by atomic mass is 19.2. The zero-order chi connectivity index (χ0) is 21.5. The van der Waals surface area contributed by atoms with Crippen molar-refractivity contribution in [1.82, 2.24) is 5.32 Å². The lowest BCUT2D eigenvalue weighted by Crippen LogP contribution is -2.31. The van der Waals surface area contributed by atoms with Crippen molar-refractivity contribution >= 4 is 5.91 Å². The monoisotopic (exact) mass is 417 g/mol. The molecule has 0 spiro atoms. The van der Waals surface area contributed by atoms with Crippen LogP contribution in [0, 0.1) is 17.6 Å². The molecule has 30 heavy (non-hydrogen) atoms. The molecule has 0 unspecified atom stereocenters. The fourth-order valence-electron chi connectivity index (χ4n) is 3.85. The summed E-state index contributed by atoms with van der Waals surface area (Å²) >= 11 is 0. The Morgan fingerprint density at radius 2 is 1.80 bits per heavy atom. The summed E-state index contributed by atoms with van der Waals surface area (Å²) in [6, 6.07) is 8.54. The topological polar surface area (TPSA) is 47.6 Å². The lowest BCUT2D eigenvalue weighted by Gasteiger charge is -2.22. The Hall–Kier alpha value is -2.63. The molecule has 1 amide bonds. The lowest BCUT2D eigenvalue weighted by atomic mass is 9.89. The number of methoxy groups -OCH3 is 1. The fourth-order valence-corrected chi connectivity index (χ4v) is 3.85. The van der Waals surface area contributed by atoms with Gasteiger partial charge < -0.3 is 14.8 Å². The van der Waals surface area contributed by atoms with Gasteiger partial charge in [-0.2, -0.15) is 4.39 Å². The summed E-state index contributed by atoms with van der Waals surface area (Å²) in [4.78, 5) is 12.5. The van der Waals surface area contributed by atoms with Crippen LogP contribution in [-0.4, -0.2) is 19.6 Å². The fraction of sp³-hybridized carbons (Fsp3) is 0.458. The molecule has 1 aliphatic carbocycles. The van der Waals surface area contributed by atoms with E-state index in [0.29, 0.717) is 30.2 Å². The van der Waals surface area contributed by atoms with Crippen LogP contribution in [0.15, 0.2) is 30.3 Å². The van der Waals surface area contributed by atoms with E-state index in [1.54, 1.807) is 31.4 Å². The Morgan fingerprint density at radius 1 is 1.10 bits per heavy atom. The first-order valence-electron chi connectivity index (χ1n) is 10.6. The van der Waals surface area contributed by atoms with Crippen molar-refractivity contribution in [3.8, 4) is 11.5 Å². The highest BCUT2D eigenvalue weighted by Gasteiger charge is 2.24. The third-order valence-electron chi connectivity index (χ3n) is 5.68. The van der Waals surface area contributed by atoms with E-state index in [4.69, 9.17) is 9.47 Å². The predicted molar refractivity (Wildman–Crippen MR) is 112 cm³/mol. The summed E-state index contributed by atoms with van der Waals surface area (Å²) in [5.41, 5.74) is 0.995. The number of rotatable bonds is 8. The quantitative estimate of drug-likeness (QED) is 0.623. The van der Waals surface area contributed by atoms with E-state index in [9.17, 15) is 13.6 Å². The zero-order valence-corrected chi connectivity index (χ0v) is 17.6. The van der Waals surface area contributed by atoms with Gasteiger partial charge in [-0.25, -0.2) is 4.39 Å². The average molecular weight is 417 g/mol.